The first-order chi connectivity index (χ1) is 17.0. The van der Waals surface area contributed by atoms with E-state index in [1.54, 1.807) is 25.6 Å². The van der Waals surface area contributed by atoms with Gasteiger partial charge in [-0.1, -0.05) is 0 Å². The normalized spacial score (nSPS) is 19.3. The van der Waals surface area contributed by atoms with Gasteiger partial charge in [0.25, 0.3) is 11.8 Å². The zero-order chi connectivity index (χ0) is 24.4. The van der Waals surface area contributed by atoms with Crippen LogP contribution in [0.3, 0.4) is 0 Å². The van der Waals surface area contributed by atoms with Gasteiger partial charge in [-0.3, -0.25) is 14.8 Å². The van der Waals surface area contributed by atoms with E-state index in [4.69, 9.17) is 4.74 Å². The molecule has 0 saturated heterocycles. The van der Waals surface area contributed by atoms with Gasteiger partial charge < -0.3 is 20.5 Å². The molecule has 0 radical (unpaired) electrons. The van der Waals surface area contributed by atoms with Crippen molar-refractivity contribution in [1.29, 1.82) is 0 Å². The molecule has 0 spiro atoms. The molecular weight excluding hydrogens is 454 g/mol. The van der Waals surface area contributed by atoms with Crippen LogP contribution in [-0.2, 0) is 7.05 Å². The summed E-state index contributed by atoms with van der Waals surface area (Å²) in [6.45, 7) is 0. The molecular formula is C22H25N9O4. The lowest BCUT2D eigenvalue weighted by atomic mass is 10.2. The molecule has 2 amide bonds. The largest absolute Gasteiger partial charge is 0.418 e. The number of aliphatic hydroxyl groups excluding tert-OH is 1. The van der Waals surface area contributed by atoms with E-state index in [1.807, 2.05) is 0 Å². The first-order valence-corrected chi connectivity index (χ1v) is 11.4. The summed E-state index contributed by atoms with van der Waals surface area (Å²) in [6, 6.07) is -0.340. The fourth-order valence-corrected chi connectivity index (χ4v) is 3.99. The molecule has 3 aromatic heterocycles. The van der Waals surface area contributed by atoms with Gasteiger partial charge in [0.2, 0.25) is 0 Å². The number of anilines is 3. The number of hydrogen-bond donors (Lipinski definition) is 4. The predicted octanol–water partition coefficient (Wildman–Crippen LogP) is 1.88. The quantitative estimate of drug-likeness (QED) is 0.392. The molecule has 35 heavy (non-hydrogen) atoms. The maximum absolute atomic E-state index is 12.9. The highest BCUT2D eigenvalue weighted by Crippen LogP contribution is 2.40. The minimum absolute atomic E-state index is 0.0141. The predicted molar refractivity (Wildman–Crippen MR) is 123 cm³/mol. The topological polar surface area (TPSA) is 169 Å². The third-order valence-corrected chi connectivity index (χ3v) is 5.95. The highest BCUT2D eigenvalue weighted by Gasteiger charge is 2.30. The molecule has 2 aliphatic rings. The molecule has 3 heterocycles. The van der Waals surface area contributed by atoms with Crippen molar-refractivity contribution >= 4 is 29.2 Å². The van der Waals surface area contributed by atoms with Gasteiger partial charge in [-0.2, -0.15) is 5.10 Å². The van der Waals surface area contributed by atoms with Crippen molar-refractivity contribution in [2.45, 2.75) is 50.2 Å². The number of aryl methyl sites for hydroxylation is 1. The van der Waals surface area contributed by atoms with Crippen molar-refractivity contribution in [3.05, 3.63) is 42.5 Å². The number of nitrogens with zero attached hydrogens (tertiary/aromatic N) is 6. The third kappa shape index (κ3) is 5.19. The Morgan fingerprint density at radius 3 is 2.63 bits per heavy atom. The molecule has 0 aromatic carbocycles. The average Bonchev–Trinajstić information content (AvgIpc) is 3.53. The summed E-state index contributed by atoms with van der Waals surface area (Å²) in [6.07, 6.45) is 10.2. The summed E-state index contributed by atoms with van der Waals surface area (Å²) in [5.74, 6) is 0.0493. The first kappa shape index (κ1) is 22.7. The Morgan fingerprint density at radius 1 is 1.11 bits per heavy atom. The maximum atomic E-state index is 12.9. The molecule has 2 aliphatic carbocycles. The second-order valence-corrected chi connectivity index (χ2v) is 8.60. The van der Waals surface area contributed by atoms with Gasteiger partial charge in [0.05, 0.1) is 54.0 Å². The van der Waals surface area contributed by atoms with E-state index in [-0.39, 0.29) is 29.1 Å². The molecule has 182 valence electrons. The SMILES string of the molecule is Cn1ncc(NC(=O)Oc2nc(C3CC3)cnc2Nc2cncnc2)c1C(=O)NC1CCCC1O. The fourth-order valence-electron chi connectivity index (χ4n) is 3.99. The van der Waals surface area contributed by atoms with E-state index >= 15 is 0 Å². The van der Waals surface area contributed by atoms with E-state index < -0.39 is 18.1 Å². The van der Waals surface area contributed by atoms with Gasteiger partial charge in [-0.15, -0.1) is 0 Å². The average molecular weight is 480 g/mol. The second-order valence-electron chi connectivity index (χ2n) is 8.60. The Labute approximate surface area is 200 Å². The minimum atomic E-state index is -0.859. The van der Waals surface area contributed by atoms with Crippen LogP contribution in [0.15, 0.2) is 31.1 Å². The summed E-state index contributed by atoms with van der Waals surface area (Å²) in [7, 11) is 1.59. The molecule has 0 aliphatic heterocycles. The molecule has 2 unspecified atom stereocenters. The maximum Gasteiger partial charge on any atom is 0.418 e. The van der Waals surface area contributed by atoms with Crippen molar-refractivity contribution in [3.63, 3.8) is 0 Å². The fraction of sp³-hybridized carbons (Fsp3) is 0.409. The molecule has 3 aromatic rings. The van der Waals surface area contributed by atoms with E-state index in [9.17, 15) is 14.7 Å². The summed E-state index contributed by atoms with van der Waals surface area (Å²) < 4.78 is 6.85. The summed E-state index contributed by atoms with van der Waals surface area (Å²) >= 11 is 0. The van der Waals surface area contributed by atoms with E-state index in [2.05, 4.69) is 41.0 Å². The Balaban J connectivity index is 1.32. The minimum Gasteiger partial charge on any atom is -0.391 e. The van der Waals surface area contributed by atoms with Gasteiger partial charge in [-0.05, 0) is 32.1 Å². The summed E-state index contributed by atoms with van der Waals surface area (Å²) in [5, 5.41) is 22.5. The van der Waals surface area contributed by atoms with E-state index in [0.29, 0.717) is 24.4 Å². The zero-order valence-corrected chi connectivity index (χ0v) is 19.0. The van der Waals surface area contributed by atoms with Crippen molar-refractivity contribution in [1.82, 2.24) is 35.0 Å². The van der Waals surface area contributed by atoms with Crippen LogP contribution < -0.4 is 20.7 Å². The number of carbonyl (C=O) groups excluding carboxylic acids is 2. The van der Waals surface area contributed by atoms with Crippen LogP contribution in [0.5, 0.6) is 5.88 Å². The number of hydrogen-bond acceptors (Lipinski definition) is 10. The molecule has 2 atom stereocenters. The van der Waals surface area contributed by atoms with Crippen LogP contribution in [0, 0.1) is 0 Å². The molecule has 5 rings (SSSR count). The highest BCUT2D eigenvalue weighted by atomic mass is 16.6. The standard InChI is InChI=1S/C22H25N9O4/c1-31-18(20(33)28-14-3-2-4-17(14)32)16(10-26-31)30-22(34)35-21-19(27-13-7-23-11-24-8-13)25-9-15(29-21)12-5-6-12/h7-12,14,17,32H,2-6H2,1H3,(H,25,27)(H,28,33)(H,30,34). The van der Waals surface area contributed by atoms with Gasteiger partial charge in [0, 0.05) is 13.0 Å². The van der Waals surface area contributed by atoms with Gasteiger partial charge in [0.15, 0.2) is 5.82 Å². The number of rotatable bonds is 7. The van der Waals surface area contributed by atoms with Gasteiger partial charge in [-0.25, -0.2) is 24.7 Å². The number of aliphatic hydroxyl groups is 1. The number of aromatic nitrogens is 6. The Hall–Kier alpha value is -4.13. The van der Waals surface area contributed by atoms with Crippen molar-refractivity contribution < 1.29 is 19.4 Å². The van der Waals surface area contributed by atoms with Crippen molar-refractivity contribution in [2.24, 2.45) is 7.05 Å². The molecule has 4 N–H and O–H groups in total. The van der Waals surface area contributed by atoms with Crippen LogP contribution in [0.4, 0.5) is 22.0 Å². The highest BCUT2D eigenvalue weighted by molar-refractivity contribution is 6.01. The number of amides is 2. The van der Waals surface area contributed by atoms with Crippen molar-refractivity contribution in [3.8, 4) is 5.88 Å². The molecule has 2 fully saturated rings. The second kappa shape index (κ2) is 9.62. The van der Waals surface area contributed by atoms with Crippen LogP contribution in [0.1, 0.15) is 54.2 Å². The lowest BCUT2D eigenvalue weighted by Crippen LogP contribution is -2.40. The Morgan fingerprint density at radius 2 is 1.91 bits per heavy atom. The monoisotopic (exact) mass is 479 g/mol. The molecule has 2 saturated carbocycles. The van der Waals surface area contributed by atoms with Crippen LogP contribution in [0.25, 0.3) is 0 Å². The summed E-state index contributed by atoms with van der Waals surface area (Å²) in [4.78, 5) is 42.4. The van der Waals surface area contributed by atoms with Gasteiger partial charge in [0.1, 0.15) is 12.0 Å². The molecule has 13 heteroatoms. The number of ether oxygens (including phenoxy) is 1. The smallest absolute Gasteiger partial charge is 0.391 e. The number of carbonyl (C=O) groups is 2. The Bertz CT molecular complexity index is 1230. The molecule has 13 nitrogen and oxygen atoms in total. The lowest BCUT2D eigenvalue weighted by Gasteiger charge is -2.17. The first-order valence-electron chi connectivity index (χ1n) is 11.4. The van der Waals surface area contributed by atoms with Crippen LogP contribution in [-0.4, -0.2) is 59.0 Å². The zero-order valence-electron chi connectivity index (χ0n) is 19.0. The Kier molecular flexibility index (Phi) is 6.23. The summed E-state index contributed by atoms with van der Waals surface area (Å²) in [5.41, 5.74) is 1.59. The van der Waals surface area contributed by atoms with Crippen LogP contribution >= 0.6 is 0 Å². The number of nitrogens with one attached hydrogen (secondary N) is 3. The van der Waals surface area contributed by atoms with Crippen molar-refractivity contribution in [2.75, 3.05) is 10.6 Å². The van der Waals surface area contributed by atoms with Gasteiger partial charge >= 0.3 is 6.09 Å². The van der Waals surface area contributed by atoms with E-state index in [0.717, 1.165) is 25.0 Å². The lowest BCUT2D eigenvalue weighted by molar-refractivity contribution is 0.0865. The van der Waals surface area contributed by atoms with E-state index in [1.165, 1.54) is 17.2 Å². The molecule has 0 bridgehead atoms. The third-order valence-electron chi connectivity index (χ3n) is 5.95. The van der Waals surface area contributed by atoms with Crippen LogP contribution in [0.2, 0.25) is 0 Å².